The maximum atomic E-state index is 5.60. The first kappa shape index (κ1) is 14.6. The molecule has 0 aliphatic carbocycles. The molecule has 0 saturated carbocycles. The molecule has 4 nitrogen and oxygen atoms in total. The molecule has 0 radical (unpaired) electrons. The van der Waals surface area contributed by atoms with Gasteiger partial charge in [-0.1, -0.05) is 0 Å². The summed E-state index contributed by atoms with van der Waals surface area (Å²) in [6.07, 6.45) is 0.227. The normalized spacial score (nSPS) is 15.3. The molecule has 1 atom stereocenters. The topological polar surface area (TPSA) is 39.7 Å². The van der Waals surface area contributed by atoms with Crippen LogP contribution < -0.4 is 14.8 Å². The van der Waals surface area contributed by atoms with Crippen molar-refractivity contribution in [2.45, 2.75) is 26.5 Å². The van der Waals surface area contributed by atoms with E-state index in [-0.39, 0.29) is 6.10 Å². The predicted molar refractivity (Wildman–Crippen MR) is 77.9 cm³/mol. The number of benzene rings is 1. The van der Waals surface area contributed by atoms with Crippen LogP contribution in [0.25, 0.3) is 0 Å². The third-order valence-corrected chi connectivity index (χ3v) is 3.46. The number of hydrogen-bond donors (Lipinski definition) is 1. The summed E-state index contributed by atoms with van der Waals surface area (Å²) in [6.45, 7) is 7.66. The largest absolute Gasteiger partial charge is 0.486 e. The molecule has 1 aromatic rings. The Labute approximate surface area is 122 Å². The molecule has 1 aromatic carbocycles. The smallest absolute Gasteiger partial charge is 0.175 e. The van der Waals surface area contributed by atoms with Crippen molar-refractivity contribution in [2.75, 3.05) is 26.4 Å². The van der Waals surface area contributed by atoms with Gasteiger partial charge in [0.1, 0.15) is 13.2 Å². The van der Waals surface area contributed by atoms with Gasteiger partial charge >= 0.3 is 0 Å². The molecule has 1 aliphatic heterocycles. The Morgan fingerprint density at radius 1 is 1.37 bits per heavy atom. The van der Waals surface area contributed by atoms with Crippen LogP contribution in [-0.2, 0) is 11.3 Å². The van der Waals surface area contributed by atoms with Gasteiger partial charge in [-0.05, 0) is 47.5 Å². The fourth-order valence-corrected chi connectivity index (χ4v) is 2.63. The van der Waals surface area contributed by atoms with Crippen LogP contribution in [0.4, 0.5) is 0 Å². The second kappa shape index (κ2) is 7.12. The van der Waals surface area contributed by atoms with E-state index in [1.165, 1.54) is 5.56 Å². The summed E-state index contributed by atoms with van der Waals surface area (Å²) < 4.78 is 17.6. The maximum absolute atomic E-state index is 5.60. The summed E-state index contributed by atoms with van der Waals surface area (Å²) in [4.78, 5) is 0. The molecule has 0 amide bonds. The van der Waals surface area contributed by atoms with Crippen molar-refractivity contribution >= 4 is 15.9 Å². The molecule has 0 fully saturated rings. The van der Waals surface area contributed by atoms with Gasteiger partial charge in [0, 0.05) is 19.7 Å². The van der Waals surface area contributed by atoms with Crippen LogP contribution in [-0.4, -0.2) is 32.5 Å². The first-order valence-corrected chi connectivity index (χ1v) is 7.40. The Balaban J connectivity index is 1.92. The lowest BCUT2D eigenvalue weighted by Crippen LogP contribution is -2.26. The molecule has 5 heteroatoms. The molecule has 1 unspecified atom stereocenters. The molecule has 2 rings (SSSR count). The quantitative estimate of drug-likeness (QED) is 0.871. The highest BCUT2D eigenvalue weighted by molar-refractivity contribution is 9.10. The Morgan fingerprint density at radius 3 is 2.95 bits per heavy atom. The first-order chi connectivity index (χ1) is 9.20. The number of ether oxygens (including phenoxy) is 3. The van der Waals surface area contributed by atoms with Crippen molar-refractivity contribution in [3.63, 3.8) is 0 Å². The van der Waals surface area contributed by atoms with E-state index in [1.807, 2.05) is 13.0 Å². The highest BCUT2D eigenvalue weighted by Gasteiger charge is 2.16. The van der Waals surface area contributed by atoms with E-state index < -0.39 is 0 Å². The van der Waals surface area contributed by atoms with E-state index >= 15 is 0 Å². The van der Waals surface area contributed by atoms with Crippen molar-refractivity contribution in [3.05, 3.63) is 22.2 Å². The minimum Gasteiger partial charge on any atom is -0.486 e. The van der Waals surface area contributed by atoms with Crippen LogP contribution in [0.5, 0.6) is 11.5 Å². The van der Waals surface area contributed by atoms with Gasteiger partial charge in [0.05, 0.1) is 10.6 Å². The molecule has 0 saturated heterocycles. The van der Waals surface area contributed by atoms with Gasteiger partial charge in [0.25, 0.3) is 0 Å². The molecule has 0 aromatic heterocycles. The van der Waals surface area contributed by atoms with Crippen molar-refractivity contribution in [3.8, 4) is 11.5 Å². The zero-order valence-corrected chi connectivity index (χ0v) is 13.0. The summed E-state index contributed by atoms with van der Waals surface area (Å²) in [6, 6.07) is 4.09. The van der Waals surface area contributed by atoms with Gasteiger partial charge in [-0.2, -0.15) is 0 Å². The van der Waals surface area contributed by atoms with E-state index in [2.05, 4.69) is 34.2 Å². The minimum atomic E-state index is 0.227. The number of nitrogens with one attached hydrogen (secondary N) is 1. The molecule has 0 spiro atoms. The molecular weight excluding hydrogens is 310 g/mol. The van der Waals surface area contributed by atoms with Crippen LogP contribution in [0.1, 0.15) is 19.4 Å². The van der Waals surface area contributed by atoms with Gasteiger partial charge in [0.2, 0.25) is 0 Å². The fourth-order valence-electron chi connectivity index (χ4n) is 2.03. The van der Waals surface area contributed by atoms with Crippen LogP contribution in [0.3, 0.4) is 0 Å². The summed E-state index contributed by atoms with van der Waals surface area (Å²) in [7, 11) is 0. The summed E-state index contributed by atoms with van der Waals surface area (Å²) >= 11 is 3.52. The van der Waals surface area contributed by atoms with Crippen LogP contribution in [0.2, 0.25) is 0 Å². The third-order valence-electron chi connectivity index (χ3n) is 2.87. The van der Waals surface area contributed by atoms with Crippen LogP contribution >= 0.6 is 15.9 Å². The van der Waals surface area contributed by atoms with Crippen LogP contribution in [0, 0.1) is 0 Å². The average molecular weight is 330 g/mol. The lowest BCUT2D eigenvalue weighted by Gasteiger charge is -2.20. The van der Waals surface area contributed by atoms with Gasteiger partial charge in [-0.25, -0.2) is 0 Å². The van der Waals surface area contributed by atoms with Crippen molar-refractivity contribution in [1.29, 1.82) is 0 Å². The molecular formula is C14H20BrNO3. The highest BCUT2D eigenvalue weighted by Crippen LogP contribution is 2.38. The fraction of sp³-hybridized carbons (Fsp3) is 0.571. The molecule has 1 heterocycles. The molecule has 1 N–H and O–H groups in total. The first-order valence-electron chi connectivity index (χ1n) is 6.61. The van der Waals surface area contributed by atoms with E-state index in [0.717, 1.165) is 35.7 Å². The van der Waals surface area contributed by atoms with E-state index in [0.29, 0.717) is 13.2 Å². The monoisotopic (exact) mass is 329 g/mol. The zero-order valence-electron chi connectivity index (χ0n) is 11.4. The Hall–Kier alpha value is -0.780. The Morgan fingerprint density at radius 2 is 2.16 bits per heavy atom. The SMILES string of the molecule is CCOC(C)CNCc1cc(Br)c2c(c1)OCCO2. The van der Waals surface area contributed by atoms with Crippen molar-refractivity contribution in [2.24, 2.45) is 0 Å². The number of rotatable bonds is 6. The molecule has 0 bridgehead atoms. The number of fused-ring (bicyclic) bond motifs is 1. The molecule has 106 valence electrons. The average Bonchev–Trinajstić information content (AvgIpc) is 2.39. The predicted octanol–water partition coefficient (Wildman–Crippen LogP) is 2.73. The Bertz CT molecular complexity index is 425. The van der Waals surface area contributed by atoms with Crippen molar-refractivity contribution in [1.82, 2.24) is 5.32 Å². The Kier molecular flexibility index (Phi) is 5.48. The standard InChI is InChI=1S/C14H20BrNO3/c1-3-17-10(2)8-16-9-11-6-12(15)14-13(7-11)18-4-5-19-14/h6-7,10,16H,3-5,8-9H2,1-2H3. The second-order valence-corrected chi connectivity index (χ2v) is 5.35. The van der Waals surface area contributed by atoms with Gasteiger partial charge < -0.3 is 19.5 Å². The summed E-state index contributed by atoms with van der Waals surface area (Å²) in [5.41, 5.74) is 1.17. The van der Waals surface area contributed by atoms with E-state index in [9.17, 15) is 0 Å². The number of hydrogen-bond acceptors (Lipinski definition) is 4. The van der Waals surface area contributed by atoms with Gasteiger partial charge in [-0.15, -0.1) is 0 Å². The lowest BCUT2D eigenvalue weighted by molar-refractivity contribution is 0.0759. The van der Waals surface area contributed by atoms with Gasteiger partial charge in [0.15, 0.2) is 11.5 Å². The number of halogens is 1. The second-order valence-electron chi connectivity index (χ2n) is 4.50. The summed E-state index contributed by atoms with van der Waals surface area (Å²) in [5, 5.41) is 3.38. The third kappa shape index (κ3) is 4.09. The van der Waals surface area contributed by atoms with E-state index in [1.54, 1.807) is 0 Å². The van der Waals surface area contributed by atoms with Crippen molar-refractivity contribution < 1.29 is 14.2 Å². The molecule has 1 aliphatic rings. The maximum Gasteiger partial charge on any atom is 0.175 e. The highest BCUT2D eigenvalue weighted by atomic mass is 79.9. The van der Waals surface area contributed by atoms with E-state index in [4.69, 9.17) is 14.2 Å². The van der Waals surface area contributed by atoms with Gasteiger partial charge in [-0.3, -0.25) is 0 Å². The molecule has 19 heavy (non-hydrogen) atoms. The minimum absolute atomic E-state index is 0.227. The van der Waals surface area contributed by atoms with Crippen LogP contribution in [0.15, 0.2) is 16.6 Å². The lowest BCUT2D eigenvalue weighted by atomic mass is 10.2. The zero-order chi connectivity index (χ0) is 13.7. The summed E-state index contributed by atoms with van der Waals surface area (Å²) in [5.74, 6) is 1.62.